The maximum absolute atomic E-state index is 13.2. The van der Waals surface area contributed by atoms with Gasteiger partial charge in [0.2, 0.25) is 0 Å². The normalized spacial score (nSPS) is 19.5. The standard InChI is InChI=1S/C28H34N2O8/c1-5-14(2)27(35)37-20-12-18-24(34)23-19(33)11-16(13-32)36-26(23)22(25(18)38-28(20,3)4)17(7-9-31)15-6-8-30-21(29)10-15/h5-6,10-11,17,20,30-32,34H,7-9,12-13,29H2,1-4H3/b14-5-/t17-,20-/m1/s1. The minimum atomic E-state index is -1.03. The van der Waals surface area contributed by atoms with Crippen LogP contribution in [0.5, 0.6) is 11.5 Å². The predicted octanol–water partition coefficient (Wildman–Crippen LogP) is 2.38. The van der Waals surface area contributed by atoms with E-state index in [1.54, 1.807) is 39.8 Å². The van der Waals surface area contributed by atoms with Crippen molar-refractivity contribution in [3.05, 3.63) is 68.4 Å². The molecule has 0 spiro atoms. The first-order valence-corrected chi connectivity index (χ1v) is 12.5. The average Bonchev–Trinajstić information content (AvgIpc) is 2.87. The van der Waals surface area contributed by atoms with E-state index in [0.717, 1.165) is 11.6 Å². The van der Waals surface area contributed by atoms with Crippen LogP contribution in [0.3, 0.4) is 0 Å². The van der Waals surface area contributed by atoms with E-state index >= 15 is 0 Å². The summed E-state index contributed by atoms with van der Waals surface area (Å²) in [6.07, 6.45) is 4.83. The summed E-state index contributed by atoms with van der Waals surface area (Å²) in [5.74, 6) is -0.651. The number of esters is 1. The number of aromatic hydroxyl groups is 1. The Bertz CT molecular complexity index is 1420. The number of phenols is 1. The lowest BCUT2D eigenvalue weighted by Gasteiger charge is -2.41. The van der Waals surface area contributed by atoms with Crippen molar-refractivity contribution >= 4 is 16.9 Å². The molecule has 1 aromatic carbocycles. The Morgan fingerprint density at radius 1 is 1.37 bits per heavy atom. The highest BCUT2D eigenvalue weighted by Crippen LogP contribution is 2.50. The van der Waals surface area contributed by atoms with E-state index in [2.05, 4.69) is 5.32 Å². The summed E-state index contributed by atoms with van der Waals surface area (Å²) >= 11 is 0. The molecule has 4 rings (SSSR count). The Morgan fingerprint density at radius 3 is 2.74 bits per heavy atom. The number of fused-ring (bicyclic) bond motifs is 2. The fourth-order valence-electron chi connectivity index (χ4n) is 4.89. The highest BCUT2D eigenvalue weighted by atomic mass is 16.6. The third-order valence-electron chi connectivity index (χ3n) is 7.11. The lowest BCUT2D eigenvalue weighted by molar-refractivity contribution is -0.156. The predicted molar refractivity (Wildman–Crippen MR) is 141 cm³/mol. The molecular weight excluding hydrogens is 492 g/mol. The molecule has 0 aliphatic carbocycles. The summed E-state index contributed by atoms with van der Waals surface area (Å²) in [7, 11) is 0. The molecule has 10 heteroatoms. The molecule has 6 N–H and O–H groups in total. The number of allylic oxidation sites excluding steroid dienone is 3. The van der Waals surface area contributed by atoms with Gasteiger partial charge in [0.25, 0.3) is 0 Å². The zero-order valence-corrected chi connectivity index (χ0v) is 22.0. The van der Waals surface area contributed by atoms with E-state index in [1.807, 2.05) is 6.08 Å². The van der Waals surface area contributed by atoms with Crippen molar-refractivity contribution in [2.24, 2.45) is 5.73 Å². The molecule has 0 saturated heterocycles. The number of benzene rings is 1. The van der Waals surface area contributed by atoms with Gasteiger partial charge in [-0.3, -0.25) is 4.79 Å². The van der Waals surface area contributed by atoms with E-state index in [-0.39, 0.29) is 47.7 Å². The summed E-state index contributed by atoms with van der Waals surface area (Å²) in [4.78, 5) is 25.8. The molecule has 2 aliphatic rings. The third-order valence-corrected chi connectivity index (χ3v) is 7.11. The molecule has 2 atom stereocenters. The zero-order chi connectivity index (χ0) is 27.8. The molecule has 1 aromatic heterocycles. The molecule has 0 amide bonds. The van der Waals surface area contributed by atoms with Gasteiger partial charge in [-0.1, -0.05) is 12.2 Å². The van der Waals surface area contributed by atoms with Crippen LogP contribution < -0.4 is 21.2 Å². The second-order valence-electron chi connectivity index (χ2n) is 10.0. The summed E-state index contributed by atoms with van der Waals surface area (Å²) in [6, 6.07) is 1.13. The van der Waals surface area contributed by atoms with Crippen molar-refractivity contribution in [1.29, 1.82) is 0 Å². The maximum Gasteiger partial charge on any atom is 0.333 e. The Morgan fingerprint density at radius 2 is 2.11 bits per heavy atom. The second kappa shape index (κ2) is 10.5. The number of rotatable bonds is 7. The Balaban J connectivity index is 2.02. The number of nitrogens with one attached hydrogen (secondary N) is 1. The zero-order valence-electron chi connectivity index (χ0n) is 22.0. The van der Waals surface area contributed by atoms with Crippen LogP contribution in [0.1, 0.15) is 56.9 Å². The van der Waals surface area contributed by atoms with Gasteiger partial charge in [-0.2, -0.15) is 0 Å². The lowest BCUT2D eigenvalue weighted by atomic mass is 9.81. The van der Waals surface area contributed by atoms with E-state index in [9.17, 15) is 24.9 Å². The summed E-state index contributed by atoms with van der Waals surface area (Å²) < 4.78 is 18.2. The molecule has 0 bridgehead atoms. The first kappa shape index (κ1) is 27.3. The fourth-order valence-corrected chi connectivity index (χ4v) is 4.89. The highest BCUT2D eigenvalue weighted by molar-refractivity contribution is 5.92. The number of hydrogen-bond acceptors (Lipinski definition) is 10. The number of aliphatic hydroxyl groups is 2. The number of carbonyl (C=O) groups is 1. The largest absolute Gasteiger partial charge is 0.507 e. The van der Waals surface area contributed by atoms with Gasteiger partial charge in [0.1, 0.15) is 46.5 Å². The molecule has 2 aliphatic heterocycles. The SMILES string of the molecule is C/C=C(/C)C(=O)O[C@@H]1Cc2c(c([C@H](CCO)C3=CCNC(N)=C3)c3oc(CO)cc(=O)c3c2O)OC1(C)C. The van der Waals surface area contributed by atoms with Crippen LogP contribution in [0.4, 0.5) is 0 Å². The van der Waals surface area contributed by atoms with Gasteiger partial charge < -0.3 is 40.3 Å². The van der Waals surface area contributed by atoms with E-state index in [1.165, 1.54) is 0 Å². The second-order valence-corrected chi connectivity index (χ2v) is 10.0. The van der Waals surface area contributed by atoms with Gasteiger partial charge in [0.05, 0.1) is 5.82 Å². The first-order chi connectivity index (χ1) is 18.0. The lowest BCUT2D eigenvalue weighted by Crippen LogP contribution is -2.49. The van der Waals surface area contributed by atoms with E-state index < -0.39 is 35.6 Å². The number of aliphatic hydroxyl groups excluding tert-OH is 2. The van der Waals surface area contributed by atoms with Crippen molar-refractivity contribution < 1.29 is 34.0 Å². The van der Waals surface area contributed by atoms with E-state index in [4.69, 9.17) is 19.6 Å². The van der Waals surface area contributed by atoms with Gasteiger partial charge in [-0.05, 0) is 45.8 Å². The van der Waals surface area contributed by atoms with Crippen LogP contribution in [-0.4, -0.2) is 46.1 Å². The third kappa shape index (κ3) is 4.89. The van der Waals surface area contributed by atoms with Crippen molar-refractivity contribution in [2.75, 3.05) is 13.2 Å². The summed E-state index contributed by atoms with van der Waals surface area (Å²) in [5.41, 5.74) is 6.45. The van der Waals surface area contributed by atoms with Crippen molar-refractivity contribution in [1.82, 2.24) is 5.32 Å². The highest BCUT2D eigenvalue weighted by Gasteiger charge is 2.44. The number of nitrogens with two attached hydrogens (primary N) is 1. The number of phenolic OH excluding ortho intramolecular Hbond substituents is 1. The average molecular weight is 527 g/mol. The van der Waals surface area contributed by atoms with Gasteiger partial charge >= 0.3 is 5.97 Å². The van der Waals surface area contributed by atoms with Crippen LogP contribution in [-0.2, 0) is 22.6 Å². The van der Waals surface area contributed by atoms with Crippen LogP contribution in [0.15, 0.2) is 50.5 Å². The molecule has 0 radical (unpaired) electrons. The van der Waals surface area contributed by atoms with E-state index in [0.29, 0.717) is 29.1 Å². The Kier molecular flexibility index (Phi) is 7.57. The fraction of sp³-hybridized carbons (Fsp3) is 0.429. The number of ether oxygens (including phenoxy) is 2. The number of carbonyl (C=O) groups excluding carboxylic acids is 1. The van der Waals surface area contributed by atoms with Gasteiger partial charge in [-0.25, -0.2) is 4.79 Å². The molecule has 2 aromatic rings. The van der Waals surface area contributed by atoms with Gasteiger partial charge in [-0.15, -0.1) is 0 Å². The monoisotopic (exact) mass is 526 g/mol. The Hall–Kier alpha value is -3.76. The van der Waals surface area contributed by atoms with Gasteiger partial charge in [0, 0.05) is 48.3 Å². The number of dihydropyridines is 1. The van der Waals surface area contributed by atoms with Crippen LogP contribution in [0.25, 0.3) is 11.0 Å². The molecule has 204 valence electrons. The van der Waals surface area contributed by atoms with Crippen LogP contribution >= 0.6 is 0 Å². The number of hydrogen-bond donors (Lipinski definition) is 5. The van der Waals surface area contributed by atoms with Crippen LogP contribution in [0.2, 0.25) is 0 Å². The quantitative estimate of drug-likeness (QED) is 0.267. The Labute approximate surface area is 220 Å². The summed E-state index contributed by atoms with van der Waals surface area (Å²) in [5, 5.41) is 34.0. The minimum Gasteiger partial charge on any atom is -0.507 e. The van der Waals surface area contributed by atoms with Crippen molar-refractivity contribution in [3.8, 4) is 11.5 Å². The summed E-state index contributed by atoms with van der Waals surface area (Å²) in [6.45, 7) is 6.65. The van der Waals surface area contributed by atoms with Crippen LogP contribution in [0, 0.1) is 0 Å². The van der Waals surface area contributed by atoms with Gasteiger partial charge in [0.15, 0.2) is 5.43 Å². The maximum atomic E-state index is 13.2. The van der Waals surface area contributed by atoms with Crippen molar-refractivity contribution in [2.45, 2.75) is 64.8 Å². The first-order valence-electron chi connectivity index (χ1n) is 12.5. The molecule has 0 fully saturated rings. The molecule has 3 heterocycles. The minimum absolute atomic E-state index is 0.0175. The molecular formula is C28H34N2O8. The topological polar surface area (TPSA) is 164 Å². The molecule has 38 heavy (non-hydrogen) atoms. The molecule has 0 saturated carbocycles. The molecule has 0 unspecified atom stereocenters. The smallest absolute Gasteiger partial charge is 0.333 e. The molecule has 10 nitrogen and oxygen atoms in total. The van der Waals surface area contributed by atoms with Crippen molar-refractivity contribution in [3.63, 3.8) is 0 Å².